The molecule has 0 aromatic heterocycles. The van der Waals surface area contributed by atoms with E-state index in [0.29, 0.717) is 17.8 Å². The van der Waals surface area contributed by atoms with Crippen molar-refractivity contribution in [2.24, 2.45) is 17.8 Å². The molecule has 234 valence electrons. The summed E-state index contributed by atoms with van der Waals surface area (Å²) in [5.41, 5.74) is -1.21. The lowest BCUT2D eigenvalue weighted by Crippen LogP contribution is -2.36. The van der Waals surface area contributed by atoms with Crippen LogP contribution in [0, 0.1) is 17.8 Å². The Morgan fingerprint density at radius 1 is 0.610 bits per heavy atom. The van der Waals surface area contributed by atoms with E-state index >= 15 is 0 Å². The normalized spacial score (nSPS) is 11.9. The Morgan fingerprint density at radius 2 is 1.02 bits per heavy atom. The fourth-order valence-corrected chi connectivity index (χ4v) is 5.52. The number of carboxylic acids is 2. The highest BCUT2D eigenvalue weighted by Crippen LogP contribution is 2.34. The smallest absolute Gasteiger partial charge is 0.339 e. The van der Waals surface area contributed by atoms with Crippen molar-refractivity contribution in [2.45, 2.75) is 150 Å². The number of carboxylic acid groups (broad SMARTS) is 2. The molecule has 0 amide bonds. The highest BCUT2D eigenvalue weighted by atomic mass is 16.6. The summed E-state index contributed by atoms with van der Waals surface area (Å²) >= 11 is 0. The van der Waals surface area contributed by atoms with E-state index < -0.39 is 23.5 Å². The van der Waals surface area contributed by atoms with Crippen molar-refractivity contribution in [1.82, 2.24) is 0 Å². The molecule has 0 saturated carbocycles. The maximum Gasteiger partial charge on any atom is 0.339 e. The van der Waals surface area contributed by atoms with E-state index in [4.69, 9.17) is 4.74 Å². The third-order valence-electron chi connectivity index (χ3n) is 8.02. The fraction of sp³-hybridized carbons (Fsp3) is 0.743. The molecule has 0 aliphatic carbocycles. The van der Waals surface area contributed by atoms with Gasteiger partial charge in [-0.2, -0.15) is 0 Å². The second-order valence-electron chi connectivity index (χ2n) is 13.3. The molecule has 0 radical (unpaired) electrons. The lowest BCUT2D eigenvalue weighted by atomic mass is 9.84. The highest BCUT2D eigenvalue weighted by molar-refractivity contribution is 6.04. The maximum absolute atomic E-state index is 13.6. The van der Waals surface area contributed by atoms with Crippen LogP contribution in [0.2, 0.25) is 0 Å². The van der Waals surface area contributed by atoms with E-state index in [0.717, 1.165) is 83.1 Å². The van der Waals surface area contributed by atoms with Crippen LogP contribution in [0.5, 0.6) is 0 Å². The number of esters is 1. The average Bonchev–Trinajstić information content (AvgIpc) is 2.89. The summed E-state index contributed by atoms with van der Waals surface area (Å²) in [5, 5.41) is 19.2. The molecular formula is C35H58O6. The molecule has 2 N–H and O–H groups in total. The van der Waals surface area contributed by atoms with Gasteiger partial charge in [-0.15, -0.1) is 0 Å². The van der Waals surface area contributed by atoms with Gasteiger partial charge in [0.05, 0.1) is 16.7 Å². The van der Waals surface area contributed by atoms with Gasteiger partial charge in [-0.3, -0.25) is 0 Å². The fourth-order valence-electron chi connectivity index (χ4n) is 5.52. The second-order valence-corrected chi connectivity index (χ2v) is 13.3. The number of unbranched alkanes of at least 4 members (excludes halogenated alkanes) is 7. The summed E-state index contributed by atoms with van der Waals surface area (Å²) in [6.45, 7) is 13.4. The SMILES string of the molecule is CC(C)CCCCCCC(CCCCCC(C)C)(CCCCCC(C)C)OC(=O)c1cc(C(=O)O)ccc1C(=O)O. The van der Waals surface area contributed by atoms with Crippen LogP contribution in [0.15, 0.2) is 18.2 Å². The first-order chi connectivity index (χ1) is 19.4. The van der Waals surface area contributed by atoms with Crippen molar-refractivity contribution >= 4 is 17.9 Å². The second kappa shape index (κ2) is 19.7. The molecular weight excluding hydrogens is 516 g/mol. The maximum atomic E-state index is 13.6. The van der Waals surface area contributed by atoms with E-state index in [9.17, 15) is 24.6 Å². The van der Waals surface area contributed by atoms with E-state index in [-0.39, 0.29) is 16.7 Å². The molecule has 6 nitrogen and oxygen atoms in total. The molecule has 0 bridgehead atoms. The minimum absolute atomic E-state index is 0.125. The minimum atomic E-state index is -1.27. The lowest BCUT2D eigenvalue weighted by molar-refractivity contribution is -0.0363. The topological polar surface area (TPSA) is 101 Å². The van der Waals surface area contributed by atoms with Gasteiger partial charge in [0, 0.05) is 0 Å². The van der Waals surface area contributed by atoms with Crippen molar-refractivity contribution in [3.05, 3.63) is 34.9 Å². The van der Waals surface area contributed by atoms with Crippen molar-refractivity contribution in [3.63, 3.8) is 0 Å². The molecule has 0 fully saturated rings. The number of carbonyl (C=O) groups is 3. The Hall–Kier alpha value is -2.37. The molecule has 0 saturated heterocycles. The summed E-state index contributed by atoms with van der Waals surface area (Å²) in [4.78, 5) is 37.2. The van der Waals surface area contributed by atoms with Crippen LogP contribution in [0.4, 0.5) is 0 Å². The van der Waals surface area contributed by atoms with Crippen molar-refractivity contribution in [2.75, 3.05) is 0 Å². The van der Waals surface area contributed by atoms with Gasteiger partial charge in [0.25, 0.3) is 0 Å². The number of benzene rings is 1. The molecule has 1 rings (SSSR count). The third-order valence-corrected chi connectivity index (χ3v) is 8.02. The average molecular weight is 575 g/mol. The van der Waals surface area contributed by atoms with Gasteiger partial charge in [0.2, 0.25) is 0 Å². The monoisotopic (exact) mass is 574 g/mol. The van der Waals surface area contributed by atoms with E-state index in [1.807, 2.05) is 0 Å². The summed E-state index contributed by atoms with van der Waals surface area (Å²) in [5.74, 6) is -1.21. The summed E-state index contributed by atoms with van der Waals surface area (Å²) in [7, 11) is 0. The van der Waals surface area contributed by atoms with E-state index in [1.54, 1.807) is 0 Å². The van der Waals surface area contributed by atoms with E-state index in [1.165, 1.54) is 37.8 Å². The van der Waals surface area contributed by atoms with Gasteiger partial charge in [-0.25, -0.2) is 14.4 Å². The number of hydrogen-bond acceptors (Lipinski definition) is 4. The Kier molecular flexibility index (Phi) is 17.6. The Bertz CT molecular complexity index is 899. The Labute approximate surface area is 249 Å². The number of ether oxygens (including phenoxy) is 1. The van der Waals surface area contributed by atoms with Crippen molar-refractivity contribution < 1.29 is 29.3 Å². The van der Waals surface area contributed by atoms with Crippen LogP contribution in [0.25, 0.3) is 0 Å². The van der Waals surface area contributed by atoms with Gasteiger partial charge >= 0.3 is 17.9 Å². The molecule has 0 heterocycles. The third kappa shape index (κ3) is 15.4. The molecule has 1 aromatic rings. The van der Waals surface area contributed by atoms with Crippen LogP contribution >= 0.6 is 0 Å². The first kappa shape index (κ1) is 36.7. The highest BCUT2D eigenvalue weighted by Gasteiger charge is 2.35. The molecule has 1 aromatic carbocycles. The van der Waals surface area contributed by atoms with Crippen LogP contribution in [-0.2, 0) is 4.74 Å². The molecule has 6 heteroatoms. The first-order valence-electron chi connectivity index (χ1n) is 16.2. The quantitative estimate of drug-likeness (QED) is 0.0996. The molecule has 0 aliphatic rings. The van der Waals surface area contributed by atoms with Gasteiger partial charge in [0.1, 0.15) is 5.60 Å². The zero-order valence-electron chi connectivity index (χ0n) is 26.8. The van der Waals surface area contributed by atoms with Crippen molar-refractivity contribution in [3.8, 4) is 0 Å². The Morgan fingerprint density at radius 3 is 1.41 bits per heavy atom. The number of rotatable bonds is 23. The zero-order valence-corrected chi connectivity index (χ0v) is 26.8. The molecule has 0 unspecified atom stereocenters. The predicted molar refractivity (Wildman–Crippen MR) is 167 cm³/mol. The van der Waals surface area contributed by atoms with Gasteiger partial charge in [0.15, 0.2) is 0 Å². The van der Waals surface area contributed by atoms with Gasteiger partial charge < -0.3 is 14.9 Å². The number of carbonyl (C=O) groups excluding carboxylic acids is 1. The van der Waals surface area contributed by atoms with Gasteiger partial charge in [-0.1, -0.05) is 106 Å². The predicted octanol–water partition coefficient (Wildman–Crippen LogP) is 10.2. The van der Waals surface area contributed by atoms with Crippen LogP contribution in [0.1, 0.15) is 175 Å². The summed E-state index contributed by atoms with van der Waals surface area (Å²) in [6, 6.07) is 3.56. The Balaban J connectivity index is 3.21. The number of aromatic carboxylic acids is 2. The van der Waals surface area contributed by atoms with Crippen LogP contribution in [0.3, 0.4) is 0 Å². The molecule has 0 aliphatic heterocycles. The van der Waals surface area contributed by atoms with Gasteiger partial charge in [-0.05, 0) is 74.5 Å². The minimum Gasteiger partial charge on any atom is -0.478 e. The lowest BCUT2D eigenvalue weighted by Gasteiger charge is -2.35. The largest absolute Gasteiger partial charge is 0.478 e. The van der Waals surface area contributed by atoms with Crippen LogP contribution in [-0.4, -0.2) is 33.7 Å². The summed E-state index contributed by atoms with van der Waals surface area (Å²) in [6.07, 6.45) is 16.4. The summed E-state index contributed by atoms with van der Waals surface area (Å²) < 4.78 is 6.35. The molecule has 0 spiro atoms. The molecule has 0 atom stereocenters. The van der Waals surface area contributed by atoms with Crippen LogP contribution < -0.4 is 0 Å². The first-order valence-corrected chi connectivity index (χ1v) is 16.2. The number of hydrogen-bond donors (Lipinski definition) is 2. The van der Waals surface area contributed by atoms with Crippen molar-refractivity contribution in [1.29, 1.82) is 0 Å². The molecule has 41 heavy (non-hydrogen) atoms. The van der Waals surface area contributed by atoms with E-state index in [2.05, 4.69) is 41.5 Å². The standard InChI is InChI=1S/C35H58O6/c1-26(2)17-11-7-8-14-22-35(23-15-9-12-18-27(3)4,24-16-10-13-19-28(5)6)41-34(40)31-25-29(32(36)37)20-21-30(31)33(38)39/h20-21,25-28H,7-19,22-24H2,1-6H3,(H,36,37)(H,38,39). The zero-order chi connectivity index (χ0) is 30.8.